The van der Waals surface area contributed by atoms with Crippen LogP contribution in [-0.2, 0) is 0 Å². The van der Waals surface area contributed by atoms with E-state index in [-0.39, 0.29) is 5.75 Å². The second-order valence-corrected chi connectivity index (χ2v) is 8.04. The first-order chi connectivity index (χ1) is 12.6. The van der Waals surface area contributed by atoms with Crippen LogP contribution >= 0.6 is 0 Å². The van der Waals surface area contributed by atoms with E-state index in [4.69, 9.17) is 4.99 Å². The van der Waals surface area contributed by atoms with Crippen molar-refractivity contribution in [3.8, 4) is 5.75 Å². The van der Waals surface area contributed by atoms with Crippen molar-refractivity contribution in [3.05, 3.63) is 47.0 Å². The predicted molar refractivity (Wildman–Crippen MR) is 119 cm³/mol. The lowest BCUT2D eigenvalue weighted by molar-refractivity contribution is 0.475. The van der Waals surface area contributed by atoms with Crippen LogP contribution in [0.15, 0.2) is 35.3 Å². The first kappa shape index (κ1) is 20.8. The van der Waals surface area contributed by atoms with Crippen LogP contribution in [-0.4, -0.2) is 39.5 Å². The highest BCUT2D eigenvalue weighted by atomic mass is 16.3. The number of nitrogens with zero attached hydrogens (tertiary/aromatic N) is 3. The smallest absolute Gasteiger partial charge is 0.147 e. The molecule has 0 saturated heterocycles. The van der Waals surface area contributed by atoms with Gasteiger partial charge >= 0.3 is 0 Å². The fourth-order valence-corrected chi connectivity index (χ4v) is 3.12. The zero-order valence-corrected chi connectivity index (χ0v) is 17.9. The number of para-hydroxylation sites is 1. The van der Waals surface area contributed by atoms with Crippen molar-refractivity contribution >= 4 is 23.3 Å². The van der Waals surface area contributed by atoms with Crippen LogP contribution in [0.1, 0.15) is 56.2 Å². The number of hydrogen-bond donors (Lipinski definition) is 1. The van der Waals surface area contributed by atoms with E-state index >= 15 is 0 Å². The normalized spacial score (nSPS) is 11.6. The molecule has 1 N–H and O–H groups in total. The van der Waals surface area contributed by atoms with Crippen molar-refractivity contribution in [2.24, 2.45) is 4.99 Å². The minimum atomic E-state index is 0.252. The van der Waals surface area contributed by atoms with E-state index in [1.165, 1.54) is 11.1 Å². The van der Waals surface area contributed by atoms with Crippen LogP contribution in [0.5, 0.6) is 5.75 Å². The summed E-state index contributed by atoms with van der Waals surface area (Å²) in [5.41, 5.74) is 6.01. The molecule has 4 heteroatoms. The lowest BCUT2D eigenvalue weighted by atomic mass is 9.93. The van der Waals surface area contributed by atoms with Gasteiger partial charge in [-0.05, 0) is 35.1 Å². The van der Waals surface area contributed by atoms with E-state index in [2.05, 4.69) is 45.9 Å². The van der Waals surface area contributed by atoms with Gasteiger partial charge in [-0.25, -0.2) is 0 Å². The number of hydrogen-bond acceptors (Lipinski definition) is 4. The Labute approximate surface area is 164 Å². The van der Waals surface area contributed by atoms with Crippen LogP contribution in [0, 0.1) is 0 Å². The van der Waals surface area contributed by atoms with Gasteiger partial charge in [0.2, 0.25) is 0 Å². The topological polar surface area (TPSA) is 39.1 Å². The Bertz CT molecular complexity index is 794. The number of benzene rings is 2. The molecule has 0 bridgehead atoms. The predicted octanol–water partition coefficient (Wildman–Crippen LogP) is 5.52. The summed E-state index contributed by atoms with van der Waals surface area (Å²) in [6.07, 6.45) is 1.79. The fourth-order valence-electron chi connectivity index (χ4n) is 3.12. The quantitative estimate of drug-likeness (QED) is 0.683. The van der Waals surface area contributed by atoms with E-state index in [0.29, 0.717) is 11.8 Å². The number of aromatic hydroxyl groups is 1. The van der Waals surface area contributed by atoms with Crippen molar-refractivity contribution in [2.45, 2.75) is 39.5 Å². The second-order valence-electron chi connectivity index (χ2n) is 8.04. The van der Waals surface area contributed by atoms with Crippen LogP contribution in [0.25, 0.3) is 0 Å². The van der Waals surface area contributed by atoms with Gasteiger partial charge < -0.3 is 14.9 Å². The van der Waals surface area contributed by atoms with Gasteiger partial charge in [0.15, 0.2) is 0 Å². The van der Waals surface area contributed by atoms with Crippen LogP contribution in [0.3, 0.4) is 0 Å². The second kappa shape index (κ2) is 8.47. The molecule has 2 rings (SSSR count). The lowest BCUT2D eigenvalue weighted by Gasteiger charge is -2.21. The molecule has 146 valence electrons. The molecule has 0 amide bonds. The van der Waals surface area contributed by atoms with Gasteiger partial charge in [0.25, 0.3) is 0 Å². The minimum Gasteiger partial charge on any atom is -0.505 e. The van der Waals surface area contributed by atoms with Crippen molar-refractivity contribution in [1.29, 1.82) is 0 Å². The van der Waals surface area contributed by atoms with Crippen LogP contribution in [0.4, 0.5) is 17.1 Å². The van der Waals surface area contributed by atoms with Gasteiger partial charge in [0.1, 0.15) is 5.75 Å². The van der Waals surface area contributed by atoms with Gasteiger partial charge in [-0.15, -0.1) is 0 Å². The average Bonchev–Trinajstić information content (AvgIpc) is 2.59. The molecule has 27 heavy (non-hydrogen) atoms. The molecule has 0 aromatic heterocycles. The third-order valence-electron chi connectivity index (χ3n) is 4.78. The molecule has 0 aliphatic heterocycles. The first-order valence-corrected chi connectivity index (χ1v) is 9.52. The summed E-state index contributed by atoms with van der Waals surface area (Å²) in [4.78, 5) is 8.81. The summed E-state index contributed by atoms with van der Waals surface area (Å²) in [6.45, 7) is 8.75. The average molecular weight is 368 g/mol. The molecule has 0 atom stereocenters. The highest BCUT2D eigenvalue weighted by Gasteiger charge is 2.15. The van der Waals surface area contributed by atoms with E-state index in [1.807, 2.05) is 50.1 Å². The molecule has 0 spiro atoms. The van der Waals surface area contributed by atoms with Gasteiger partial charge in [-0.2, -0.15) is 0 Å². The van der Waals surface area contributed by atoms with Crippen molar-refractivity contribution in [1.82, 2.24) is 0 Å². The molecule has 0 fully saturated rings. The molecule has 0 aliphatic carbocycles. The molecule has 0 saturated carbocycles. The summed E-state index contributed by atoms with van der Waals surface area (Å²) < 4.78 is 0. The van der Waals surface area contributed by atoms with Crippen LogP contribution < -0.4 is 9.80 Å². The molecule has 0 aliphatic rings. The summed E-state index contributed by atoms with van der Waals surface area (Å²) in [6, 6.07) is 10.3. The Morgan fingerprint density at radius 1 is 0.889 bits per heavy atom. The van der Waals surface area contributed by atoms with Crippen molar-refractivity contribution < 1.29 is 5.11 Å². The summed E-state index contributed by atoms with van der Waals surface area (Å²) in [5.74, 6) is 1.02. The maximum atomic E-state index is 10.7. The molecular weight excluding hydrogens is 334 g/mol. The largest absolute Gasteiger partial charge is 0.505 e. The highest BCUT2D eigenvalue weighted by molar-refractivity contribution is 5.91. The number of aliphatic imine (C=N–C) groups is 1. The lowest BCUT2D eigenvalue weighted by Crippen LogP contribution is -2.13. The Morgan fingerprint density at radius 2 is 1.44 bits per heavy atom. The molecular formula is C23H33N3O. The molecule has 0 unspecified atom stereocenters. The number of rotatable bonds is 6. The van der Waals surface area contributed by atoms with Crippen molar-refractivity contribution in [3.63, 3.8) is 0 Å². The van der Waals surface area contributed by atoms with Gasteiger partial charge in [0.05, 0.1) is 11.4 Å². The molecule has 0 radical (unpaired) electrons. The molecule has 2 aromatic carbocycles. The number of anilines is 2. The van der Waals surface area contributed by atoms with E-state index in [9.17, 15) is 5.11 Å². The Kier molecular flexibility index (Phi) is 6.53. The third-order valence-corrected chi connectivity index (χ3v) is 4.78. The fraction of sp³-hybridized carbons (Fsp3) is 0.435. The van der Waals surface area contributed by atoms with Crippen molar-refractivity contribution in [2.75, 3.05) is 38.0 Å². The minimum absolute atomic E-state index is 0.252. The van der Waals surface area contributed by atoms with E-state index < -0.39 is 0 Å². The number of phenolic OH excluding ortho intramolecular Hbond substituents is 1. The zero-order valence-electron chi connectivity index (χ0n) is 17.9. The van der Waals surface area contributed by atoms with Gasteiger partial charge in [-0.1, -0.05) is 45.9 Å². The maximum Gasteiger partial charge on any atom is 0.147 e. The Hall–Kier alpha value is -2.49. The van der Waals surface area contributed by atoms with E-state index in [1.54, 1.807) is 6.21 Å². The van der Waals surface area contributed by atoms with E-state index in [0.717, 1.165) is 22.6 Å². The molecule has 4 nitrogen and oxygen atoms in total. The third kappa shape index (κ3) is 4.62. The molecule has 2 aromatic rings. The first-order valence-electron chi connectivity index (χ1n) is 9.52. The summed E-state index contributed by atoms with van der Waals surface area (Å²) in [5, 5.41) is 10.7. The maximum absolute atomic E-state index is 10.7. The summed E-state index contributed by atoms with van der Waals surface area (Å²) in [7, 11) is 7.86. The highest BCUT2D eigenvalue weighted by Crippen LogP contribution is 2.37. The Balaban J connectivity index is 2.62. The standard InChI is InChI=1S/C23H33N3O/c1-15(2)19-10-9-11-20(16(3)4)22(19)24-14-17-12-18(25(5)6)13-21(23(17)27)26(7)8/h9-16,27H,1-8H3. The summed E-state index contributed by atoms with van der Waals surface area (Å²) >= 11 is 0. The monoisotopic (exact) mass is 367 g/mol. The SMILES string of the molecule is CC(C)c1cccc(C(C)C)c1N=Cc1cc(N(C)C)cc(N(C)C)c1O. The zero-order chi connectivity index (χ0) is 20.3. The van der Waals surface area contributed by atoms with Crippen LogP contribution in [0.2, 0.25) is 0 Å². The van der Waals surface area contributed by atoms with Gasteiger partial charge in [-0.3, -0.25) is 4.99 Å². The molecule has 0 heterocycles. The number of phenols is 1. The Morgan fingerprint density at radius 3 is 1.89 bits per heavy atom. The van der Waals surface area contributed by atoms with Gasteiger partial charge in [0, 0.05) is 45.7 Å².